The van der Waals surface area contributed by atoms with Gasteiger partial charge in [-0.25, -0.2) is 13.1 Å². The minimum atomic E-state index is -3.32. The van der Waals surface area contributed by atoms with Crippen LogP contribution < -0.4 is 9.62 Å². The van der Waals surface area contributed by atoms with Gasteiger partial charge >= 0.3 is 0 Å². The number of nitrogens with one attached hydrogen (secondary N) is 1. The maximum Gasteiger partial charge on any atom is 0.256 e. The van der Waals surface area contributed by atoms with Gasteiger partial charge in [-0.05, 0) is 70.9 Å². The summed E-state index contributed by atoms with van der Waals surface area (Å²) in [6, 6.07) is 7.10. The van der Waals surface area contributed by atoms with E-state index in [0.29, 0.717) is 30.0 Å². The van der Waals surface area contributed by atoms with Gasteiger partial charge < -0.3 is 10.2 Å². The number of sulfonamides is 1. The average Bonchev–Trinajstić information content (AvgIpc) is 3.08. The minimum absolute atomic E-state index is 0.151. The van der Waals surface area contributed by atoms with Crippen molar-refractivity contribution in [3.8, 4) is 0 Å². The number of likely N-dealkylation sites (tertiary alicyclic amines) is 1. The largest absolute Gasteiger partial charge is 0.307 e. The molecule has 4 rings (SSSR count). The van der Waals surface area contributed by atoms with E-state index < -0.39 is 10.0 Å². The van der Waals surface area contributed by atoms with Gasteiger partial charge in [0.1, 0.15) is 5.82 Å². The van der Waals surface area contributed by atoms with Crippen LogP contribution in [0, 0.1) is 6.92 Å². The summed E-state index contributed by atoms with van der Waals surface area (Å²) >= 11 is 0. The highest BCUT2D eigenvalue weighted by Gasteiger charge is 2.27. The molecule has 8 nitrogen and oxygen atoms in total. The molecule has 2 aromatic rings. The molecule has 2 aliphatic rings. The molecule has 30 heavy (non-hydrogen) atoms. The van der Waals surface area contributed by atoms with Crippen LogP contribution >= 0.6 is 0 Å². The second-order valence-corrected chi connectivity index (χ2v) is 10.3. The first-order chi connectivity index (χ1) is 14.3. The Morgan fingerprint density at radius 2 is 1.93 bits per heavy atom. The van der Waals surface area contributed by atoms with Gasteiger partial charge in [0.2, 0.25) is 10.0 Å². The Bertz CT molecular complexity index is 1030. The number of aryl methyl sites for hydroxylation is 1. The SMILES string of the molecule is Cc1cnn(C2CCN(C)CC2)c1NC(=O)c1cccc(N2CCCCS2(=O)=O)c1. The van der Waals surface area contributed by atoms with Crippen LogP contribution in [0.2, 0.25) is 0 Å². The van der Waals surface area contributed by atoms with Gasteiger partial charge in [-0.2, -0.15) is 5.10 Å². The van der Waals surface area contributed by atoms with E-state index >= 15 is 0 Å². The molecule has 1 amide bonds. The lowest BCUT2D eigenvalue weighted by atomic mass is 10.1. The molecular weight excluding hydrogens is 402 g/mol. The molecule has 1 N–H and O–H groups in total. The van der Waals surface area contributed by atoms with Gasteiger partial charge in [-0.3, -0.25) is 9.10 Å². The molecule has 9 heteroatoms. The normalized spacial score (nSPS) is 20.3. The predicted octanol–water partition coefficient (Wildman–Crippen LogP) is 2.64. The van der Waals surface area contributed by atoms with Crippen molar-refractivity contribution in [2.24, 2.45) is 0 Å². The van der Waals surface area contributed by atoms with E-state index in [2.05, 4.69) is 22.4 Å². The van der Waals surface area contributed by atoms with Crippen molar-refractivity contribution in [1.29, 1.82) is 0 Å². The van der Waals surface area contributed by atoms with Crippen molar-refractivity contribution in [3.63, 3.8) is 0 Å². The van der Waals surface area contributed by atoms with E-state index in [9.17, 15) is 13.2 Å². The van der Waals surface area contributed by atoms with Gasteiger partial charge in [0.25, 0.3) is 5.91 Å². The second-order valence-electron chi connectivity index (χ2n) is 8.25. The number of anilines is 2. The zero-order valence-corrected chi connectivity index (χ0v) is 18.4. The first kappa shape index (κ1) is 20.9. The number of hydrogen-bond acceptors (Lipinski definition) is 5. The molecule has 1 aromatic carbocycles. The summed E-state index contributed by atoms with van der Waals surface area (Å²) in [5.41, 5.74) is 1.89. The Balaban J connectivity index is 1.55. The highest BCUT2D eigenvalue weighted by atomic mass is 32.2. The fraction of sp³-hybridized carbons (Fsp3) is 0.524. The molecule has 0 spiro atoms. The summed E-state index contributed by atoms with van der Waals surface area (Å²) in [5.74, 6) is 0.604. The van der Waals surface area contributed by atoms with Crippen LogP contribution in [-0.2, 0) is 10.0 Å². The summed E-state index contributed by atoms with van der Waals surface area (Å²) in [6.45, 7) is 4.40. The smallest absolute Gasteiger partial charge is 0.256 e. The zero-order chi connectivity index (χ0) is 21.3. The second kappa shape index (κ2) is 8.39. The van der Waals surface area contributed by atoms with Gasteiger partial charge in [0.05, 0.1) is 23.7 Å². The first-order valence-electron chi connectivity index (χ1n) is 10.5. The van der Waals surface area contributed by atoms with Gasteiger partial charge in [-0.15, -0.1) is 0 Å². The van der Waals surface area contributed by atoms with Crippen molar-refractivity contribution < 1.29 is 13.2 Å². The van der Waals surface area contributed by atoms with Gasteiger partial charge in [0, 0.05) is 17.7 Å². The molecule has 0 bridgehead atoms. The molecule has 0 unspecified atom stereocenters. The fourth-order valence-electron chi connectivity index (χ4n) is 4.18. The van der Waals surface area contributed by atoms with Crippen LogP contribution in [0.1, 0.15) is 47.6 Å². The Hall–Kier alpha value is -2.39. The van der Waals surface area contributed by atoms with E-state index in [0.717, 1.165) is 37.9 Å². The third-order valence-corrected chi connectivity index (χ3v) is 7.86. The van der Waals surface area contributed by atoms with E-state index in [4.69, 9.17) is 0 Å². The highest BCUT2D eigenvalue weighted by Crippen LogP contribution is 2.28. The van der Waals surface area contributed by atoms with Crippen molar-refractivity contribution in [3.05, 3.63) is 41.6 Å². The minimum Gasteiger partial charge on any atom is -0.307 e. The quantitative estimate of drug-likeness (QED) is 0.804. The van der Waals surface area contributed by atoms with Crippen LogP contribution in [-0.4, -0.2) is 61.4 Å². The maximum atomic E-state index is 13.0. The lowest BCUT2D eigenvalue weighted by molar-refractivity contribution is 0.102. The van der Waals surface area contributed by atoms with Crippen molar-refractivity contribution in [2.75, 3.05) is 42.1 Å². The summed E-state index contributed by atoms with van der Waals surface area (Å²) < 4.78 is 28.2. The standard InChI is InChI=1S/C21H29N5O3S/c1-16-15-22-26(18-8-11-24(2)12-9-18)20(16)23-21(27)17-6-5-7-19(14-17)25-10-3-4-13-30(25,28)29/h5-7,14-15,18H,3-4,8-13H2,1-2H3,(H,23,27). The summed E-state index contributed by atoms with van der Waals surface area (Å²) in [7, 11) is -1.20. The molecule has 0 saturated carbocycles. The maximum absolute atomic E-state index is 13.0. The number of carbonyl (C=O) groups is 1. The molecule has 1 aromatic heterocycles. The molecular formula is C21H29N5O3S. The molecule has 162 valence electrons. The monoisotopic (exact) mass is 431 g/mol. The molecule has 2 aliphatic heterocycles. The fourth-order valence-corrected chi connectivity index (χ4v) is 5.81. The van der Waals surface area contributed by atoms with Gasteiger partial charge in [0.15, 0.2) is 0 Å². The number of nitrogens with zero attached hydrogens (tertiary/aromatic N) is 4. The average molecular weight is 432 g/mol. The van der Waals surface area contributed by atoms with E-state index in [1.54, 1.807) is 30.5 Å². The number of benzene rings is 1. The Morgan fingerprint density at radius 3 is 2.67 bits per heavy atom. The molecule has 0 atom stereocenters. The molecule has 0 radical (unpaired) electrons. The first-order valence-corrected chi connectivity index (χ1v) is 12.1. The molecule has 2 saturated heterocycles. The van der Waals surface area contributed by atoms with Gasteiger partial charge in [-0.1, -0.05) is 6.07 Å². The van der Waals surface area contributed by atoms with Crippen LogP contribution in [0.4, 0.5) is 11.5 Å². The Morgan fingerprint density at radius 1 is 1.17 bits per heavy atom. The Labute approximate surface area is 177 Å². The van der Waals surface area contributed by atoms with Crippen LogP contribution in [0.5, 0.6) is 0 Å². The number of carbonyl (C=O) groups excluding carboxylic acids is 1. The molecule has 2 fully saturated rings. The number of amides is 1. The third kappa shape index (κ3) is 4.22. The number of aromatic nitrogens is 2. The predicted molar refractivity (Wildman–Crippen MR) is 117 cm³/mol. The summed E-state index contributed by atoms with van der Waals surface area (Å²) in [4.78, 5) is 15.3. The molecule has 3 heterocycles. The van der Waals surface area contributed by atoms with E-state index in [1.807, 2.05) is 11.6 Å². The van der Waals surface area contributed by atoms with Crippen LogP contribution in [0.25, 0.3) is 0 Å². The number of rotatable bonds is 4. The lowest BCUT2D eigenvalue weighted by Crippen LogP contribution is -2.37. The van der Waals surface area contributed by atoms with E-state index in [1.165, 1.54) is 4.31 Å². The summed E-state index contributed by atoms with van der Waals surface area (Å²) in [6.07, 6.45) is 5.26. The number of hydrogen-bond donors (Lipinski definition) is 1. The van der Waals surface area contributed by atoms with Crippen molar-refractivity contribution in [1.82, 2.24) is 14.7 Å². The zero-order valence-electron chi connectivity index (χ0n) is 17.5. The lowest BCUT2D eigenvalue weighted by Gasteiger charge is -2.30. The number of piperidine rings is 1. The van der Waals surface area contributed by atoms with Crippen molar-refractivity contribution >= 4 is 27.4 Å². The van der Waals surface area contributed by atoms with Crippen LogP contribution in [0.15, 0.2) is 30.5 Å². The topological polar surface area (TPSA) is 87.5 Å². The summed E-state index contributed by atoms with van der Waals surface area (Å²) in [5, 5.41) is 7.53. The van der Waals surface area contributed by atoms with E-state index in [-0.39, 0.29) is 17.7 Å². The Kier molecular flexibility index (Phi) is 5.84. The van der Waals surface area contributed by atoms with Crippen molar-refractivity contribution in [2.45, 2.75) is 38.6 Å². The molecule has 0 aliphatic carbocycles. The highest BCUT2D eigenvalue weighted by molar-refractivity contribution is 7.92. The third-order valence-electron chi connectivity index (χ3n) is 5.99. The van der Waals surface area contributed by atoms with Crippen LogP contribution in [0.3, 0.4) is 0 Å².